The van der Waals surface area contributed by atoms with Gasteiger partial charge in [0.15, 0.2) is 0 Å². The van der Waals surface area contributed by atoms with Gasteiger partial charge in [0.25, 0.3) is 0 Å². The molecule has 0 radical (unpaired) electrons. The zero-order chi connectivity index (χ0) is 9.26. The molecule has 2 rings (SSSR count). The van der Waals surface area contributed by atoms with Gasteiger partial charge in [-0.15, -0.1) is 0 Å². The van der Waals surface area contributed by atoms with Crippen molar-refractivity contribution in [1.29, 1.82) is 0 Å². The molecular weight excluding hydrogens is 182 g/mol. The average molecular weight is 191 g/mol. The van der Waals surface area contributed by atoms with E-state index in [0.29, 0.717) is 5.69 Å². The Morgan fingerprint density at radius 1 is 1.38 bits per heavy atom. The maximum atomic E-state index is 5.54. The molecule has 0 atom stereocenters. The Morgan fingerprint density at radius 3 is 2.77 bits per heavy atom. The molecule has 0 unspecified atom stereocenters. The molecule has 0 aliphatic rings. The van der Waals surface area contributed by atoms with E-state index in [1.807, 2.05) is 25.1 Å². The van der Waals surface area contributed by atoms with E-state index >= 15 is 0 Å². The standard InChI is InChI=1S/C9H9N3S/c1-6-4-9(13-12-6)8-3-2-7(10)5-11-8/h2-5H,10H2,1H3. The Balaban J connectivity index is 2.41. The van der Waals surface area contributed by atoms with Crippen LogP contribution in [0.25, 0.3) is 10.6 Å². The zero-order valence-corrected chi connectivity index (χ0v) is 8.01. The van der Waals surface area contributed by atoms with E-state index in [1.165, 1.54) is 11.5 Å². The quantitative estimate of drug-likeness (QED) is 0.751. The van der Waals surface area contributed by atoms with Crippen molar-refractivity contribution in [2.45, 2.75) is 6.92 Å². The van der Waals surface area contributed by atoms with Gasteiger partial charge in [-0.05, 0) is 36.7 Å². The van der Waals surface area contributed by atoms with E-state index in [4.69, 9.17) is 5.73 Å². The number of anilines is 1. The predicted molar refractivity (Wildman–Crippen MR) is 54.5 cm³/mol. The number of hydrogen-bond donors (Lipinski definition) is 1. The number of nitrogens with two attached hydrogens (primary N) is 1. The first-order valence-corrected chi connectivity index (χ1v) is 4.68. The van der Waals surface area contributed by atoms with Crippen molar-refractivity contribution in [2.24, 2.45) is 0 Å². The minimum absolute atomic E-state index is 0.685. The summed E-state index contributed by atoms with van der Waals surface area (Å²) in [6.45, 7) is 1.97. The number of rotatable bonds is 1. The van der Waals surface area contributed by atoms with Gasteiger partial charge in [-0.3, -0.25) is 4.98 Å². The number of pyridine rings is 1. The van der Waals surface area contributed by atoms with Gasteiger partial charge in [0, 0.05) is 0 Å². The molecule has 2 aromatic rings. The van der Waals surface area contributed by atoms with E-state index in [1.54, 1.807) is 6.20 Å². The molecule has 2 heterocycles. The highest BCUT2D eigenvalue weighted by Gasteiger charge is 2.01. The van der Waals surface area contributed by atoms with Crippen molar-refractivity contribution in [3.63, 3.8) is 0 Å². The van der Waals surface area contributed by atoms with Gasteiger partial charge in [0.2, 0.25) is 0 Å². The molecule has 0 aliphatic heterocycles. The van der Waals surface area contributed by atoms with Crippen molar-refractivity contribution >= 4 is 17.2 Å². The van der Waals surface area contributed by atoms with Crippen LogP contribution in [0.5, 0.6) is 0 Å². The molecule has 66 valence electrons. The Morgan fingerprint density at radius 2 is 2.23 bits per heavy atom. The second-order valence-corrected chi connectivity index (χ2v) is 3.61. The molecule has 0 bridgehead atoms. The third kappa shape index (κ3) is 1.67. The number of hydrogen-bond acceptors (Lipinski definition) is 4. The van der Waals surface area contributed by atoms with E-state index < -0.39 is 0 Å². The minimum Gasteiger partial charge on any atom is -0.397 e. The SMILES string of the molecule is Cc1cc(-c2ccc(N)cn2)sn1. The summed E-state index contributed by atoms with van der Waals surface area (Å²) in [6, 6.07) is 5.77. The minimum atomic E-state index is 0.685. The summed E-state index contributed by atoms with van der Waals surface area (Å²) in [5.74, 6) is 0. The first-order valence-electron chi connectivity index (χ1n) is 3.91. The first kappa shape index (κ1) is 8.19. The van der Waals surface area contributed by atoms with Crippen LogP contribution in [-0.4, -0.2) is 9.36 Å². The van der Waals surface area contributed by atoms with Crippen LogP contribution < -0.4 is 5.73 Å². The molecular formula is C9H9N3S. The summed E-state index contributed by atoms with van der Waals surface area (Å²) < 4.78 is 4.19. The Bertz CT molecular complexity index is 405. The lowest BCUT2D eigenvalue weighted by Crippen LogP contribution is -1.86. The van der Waals surface area contributed by atoms with Crippen molar-refractivity contribution in [1.82, 2.24) is 9.36 Å². The lowest BCUT2D eigenvalue weighted by Gasteiger charge is -1.95. The number of nitrogens with zero attached hydrogens (tertiary/aromatic N) is 2. The van der Waals surface area contributed by atoms with Crippen LogP contribution in [0, 0.1) is 6.92 Å². The predicted octanol–water partition coefficient (Wildman–Crippen LogP) is 2.10. The molecule has 0 spiro atoms. The van der Waals surface area contributed by atoms with E-state index in [9.17, 15) is 0 Å². The van der Waals surface area contributed by atoms with E-state index in [0.717, 1.165) is 16.3 Å². The van der Waals surface area contributed by atoms with Gasteiger partial charge in [0.1, 0.15) is 0 Å². The van der Waals surface area contributed by atoms with Crippen LogP contribution in [0.1, 0.15) is 5.69 Å². The second kappa shape index (κ2) is 3.14. The fourth-order valence-electron chi connectivity index (χ4n) is 1.04. The molecule has 0 fully saturated rings. The molecule has 3 nitrogen and oxygen atoms in total. The number of nitrogen functional groups attached to an aromatic ring is 1. The summed E-state index contributed by atoms with van der Waals surface area (Å²) in [5.41, 5.74) is 8.18. The maximum absolute atomic E-state index is 5.54. The molecule has 2 aromatic heterocycles. The molecule has 0 amide bonds. The zero-order valence-electron chi connectivity index (χ0n) is 7.19. The van der Waals surface area contributed by atoms with Gasteiger partial charge in [-0.2, -0.15) is 4.37 Å². The largest absolute Gasteiger partial charge is 0.397 e. The average Bonchev–Trinajstić information content (AvgIpc) is 2.53. The second-order valence-electron chi connectivity index (χ2n) is 2.81. The van der Waals surface area contributed by atoms with Crippen LogP contribution >= 0.6 is 11.5 Å². The van der Waals surface area contributed by atoms with E-state index in [2.05, 4.69) is 9.36 Å². The van der Waals surface area contributed by atoms with Gasteiger partial charge < -0.3 is 5.73 Å². The third-order valence-electron chi connectivity index (χ3n) is 1.67. The highest BCUT2D eigenvalue weighted by Crippen LogP contribution is 2.22. The van der Waals surface area contributed by atoms with Crippen LogP contribution in [0.3, 0.4) is 0 Å². The fraction of sp³-hybridized carbons (Fsp3) is 0.111. The molecule has 0 saturated carbocycles. The molecule has 0 aliphatic carbocycles. The molecule has 0 saturated heterocycles. The van der Waals surface area contributed by atoms with Crippen LogP contribution in [0.4, 0.5) is 5.69 Å². The first-order chi connectivity index (χ1) is 6.25. The van der Waals surface area contributed by atoms with Crippen LogP contribution in [-0.2, 0) is 0 Å². The summed E-state index contributed by atoms with van der Waals surface area (Å²) in [7, 11) is 0. The molecule has 13 heavy (non-hydrogen) atoms. The van der Waals surface area contributed by atoms with Crippen molar-refractivity contribution in [3.8, 4) is 10.6 Å². The lowest BCUT2D eigenvalue weighted by molar-refractivity contribution is 1.33. The van der Waals surface area contributed by atoms with Crippen molar-refractivity contribution in [2.75, 3.05) is 5.73 Å². The van der Waals surface area contributed by atoms with Gasteiger partial charge >= 0.3 is 0 Å². The molecule has 0 aromatic carbocycles. The van der Waals surface area contributed by atoms with Gasteiger partial charge in [0.05, 0.1) is 28.1 Å². The summed E-state index contributed by atoms with van der Waals surface area (Å²) in [5, 5.41) is 0. The van der Waals surface area contributed by atoms with Crippen molar-refractivity contribution < 1.29 is 0 Å². The summed E-state index contributed by atoms with van der Waals surface area (Å²) in [4.78, 5) is 5.29. The highest BCUT2D eigenvalue weighted by atomic mass is 32.1. The lowest BCUT2D eigenvalue weighted by atomic mass is 10.3. The number of aryl methyl sites for hydroxylation is 1. The van der Waals surface area contributed by atoms with Gasteiger partial charge in [-0.25, -0.2) is 0 Å². The maximum Gasteiger partial charge on any atom is 0.0819 e. The molecule has 2 N–H and O–H groups in total. The van der Waals surface area contributed by atoms with E-state index in [-0.39, 0.29) is 0 Å². The third-order valence-corrected chi connectivity index (χ3v) is 2.57. The Labute approximate surface area is 80.4 Å². The monoisotopic (exact) mass is 191 g/mol. The summed E-state index contributed by atoms with van der Waals surface area (Å²) >= 11 is 1.46. The van der Waals surface area contributed by atoms with Crippen molar-refractivity contribution in [3.05, 3.63) is 30.1 Å². The Hall–Kier alpha value is -1.42. The van der Waals surface area contributed by atoms with Gasteiger partial charge in [-0.1, -0.05) is 0 Å². The molecule has 4 heteroatoms. The van der Waals surface area contributed by atoms with Crippen LogP contribution in [0.2, 0.25) is 0 Å². The fourth-order valence-corrected chi connectivity index (χ4v) is 1.77. The normalized spacial score (nSPS) is 10.2. The topological polar surface area (TPSA) is 51.8 Å². The highest BCUT2D eigenvalue weighted by molar-refractivity contribution is 7.09. The van der Waals surface area contributed by atoms with Crippen LogP contribution in [0.15, 0.2) is 24.4 Å². The Kier molecular flexibility index (Phi) is 1.98. The smallest absolute Gasteiger partial charge is 0.0819 e. The summed E-state index contributed by atoms with van der Waals surface area (Å²) in [6.07, 6.45) is 1.66. The number of aromatic nitrogens is 2.